The maximum absolute atomic E-state index is 2.55. The lowest BCUT2D eigenvalue weighted by Crippen LogP contribution is -2.31. The molecule has 0 bridgehead atoms. The van der Waals surface area contributed by atoms with Gasteiger partial charge in [0.15, 0.2) is 0 Å². The van der Waals surface area contributed by atoms with Crippen LogP contribution in [-0.2, 0) is 10.8 Å². The zero-order chi connectivity index (χ0) is 54.3. The van der Waals surface area contributed by atoms with E-state index in [1.165, 1.54) is 127 Å². The number of nitrogens with zero attached hydrogens (tertiary/aromatic N) is 2. The second-order valence-corrected chi connectivity index (χ2v) is 24.6. The molecule has 1 aromatic heterocycles. The minimum Gasteiger partial charge on any atom is -0.310 e. The van der Waals surface area contributed by atoms with Gasteiger partial charge >= 0.3 is 0 Å². The molecule has 1 spiro atoms. The highest BCUT2D eigenvalue weighted by Gasteiger charge is 2.53. The van der Waals surface area contributed by atoms with E-state index in [9.17, 15) is 0 Å². The molecule has 2 heteroatoms. The van der Waals surface area contributed by atoms with E-state index in [2.05, 4.69) is 287 Å². The van der Waals surface area contributed by atoms with Crippen molar-refractivity contribution in [1.29, 1.82) is 0 Å². The van der Waals surface area contributed by atoms with Gasteiger partial charge in [0.25, 0.3) is 0 Å². The van der Waals surface area contributed by atoms with E-state index in [1.807, 2.05) is 0 Å². The first-order chi connectivity index (χ1) is 39.6. The molecule has 4 atom stereocenters. The van der Waals surface area contributed by atoms with Crippen molar-refractivity contribution >= 4 is 51.3 Å². The van der Waals surface area contributed by atoms with E-state index in [1.54, 1.807) is 0 Å². The summed E-state index contributed by atoms with van der Waals surface area (Å²) >= 11 is 0. The molecule has 0 saturated carbocycles. The molecule has 0 saturated heterocycles. The fraction of sp³-hybridized carbons (Fsp3) is 0.165. The van der Waals surface area contributed by atoms with Crippen LogP contribution in [0.25, 0.3) is 84.4 Å². The van der Waals surface area contributed by atoms with Gasteiger partial charge in [0.1, 0.15) is 0 Å². The summed E-state index contributed by atoms with van der Waals surface area (Å²) in [5.41, 5.74) is 29.6. The van der Waals surface area contributed by atoms with E-state index < -0.39 is 5.41 Å². The third kappa shape index (κ3) is 7.12. The van der Waals surface area contributed by atoms with E-state index >= 15 is 0 Å². The molecule has 0 amide bonds. The van der Waals surface area contributed by atoms with Crippen LogP contribution >= 0.6 is 0 Å². The first-order valence-electron chi connectivity index (χ1n) is 29.5. The Morgan fingerprint density at radius 2 is 1.10 bits per heavy atom. The normalized spacial score (nSPS) is 20.3. The highest BCUT2D eigenvalue weighted by molar-refractivity contribution is 6.02. The van der Waals surface area contributed by atoms with Crippen molar-refractivity contribution in [2.75, 3.05) is 4.90 Å². The van der Waals surface area contributed by atoms with Crippen molar-refractivity contribution < 1.29 is 0 Å². The predicted octanol–water partition coefficient (Wildman–Crippen LogP) is 19.0. The third-order valence-electron chi connectivity index (χ3n) is 19.2. The predicted molar refractivity (Wildman–Crippen MR) is 341 cm³/mol. The number of anilines is 3. The number of fused-ring (bicyclic) bond motifs is 15. The zero-order valence-corrected chi connectivity index (χ0v) is 46.8. The summed E-state index contributed by atoms with van der Waals surface area (Å²) in [5, 5.41) is 3.94. The molecule has 0 fully saturated rings. The number of aromatic nitrogens is 1. The topological polar surface area (TPSA) is 8.17 Å². The molecule has 16 rings (SSSR count). The lowest BCUT2D eigenvalue weighted by atomic mass is 9.67. The third-order valence-corrected chi connectivity index (χ3v) is 19.2. The minimum atomic E-state index is -0.393. The van der Waals surface area contributed by atoms with Crippen LogP contribution < -0.4 is 15.5 Å². The lowest BCUT2D eigenvalue weighted by molar-refractivity contribution is 0.630. The van der Waals surface area contributed by atoms with Crippen molar-refractivity contribution in [3.63, 3.8) is 0 Å². The second-order valence-electron chi connectivity index (χ2n) is 24.6. The van der Waals surface area contributed by atoms with Crippen molar-refractivity contribution in [2.45, 2.75) is 64.7 Å². The highest BCUT2D eigenvalue weighted by Crippen LogP contribution is 2.65. The van der Waals surface area contributed by atoms with Crippen LogP contribution in [0.15, 0.2) is 242 Å². The molecule has 6 aliphatic rings. The molecule has 4 unspecified atom stereocenters. The van der Waals surface area contributed by atoms with Crippen molar-refractivity contribution in [1.82, 2.24) is 4.57 Å². The van der Waals surface area contributed by atoms with Crippen LogP contribution in [0.4, 0.5) is 17.1 Å². The summed E-state index contributed by atoms with van der Waals surface area (Å²) in [6, 6.07) is 78.5. The Labute approximate surface area is 476 Å². The smallest absolute Gasteiger partial charge is 0.0689 e. The molecular weight excluding hydrogens is 977 g/mol. The van der Waals surface area contributed by atoms with Gasteiger partial charge in [-0.2, -0.15) is 0 Å². The van der Waals surface area contributed by atoms with Crippen LogP contribution in [0, 0.1) is 17.8 Å². The Hall–Kier alpha value is -8.98. The van der Waals surface area contributed by atoms with Crippen LogP contribution in [0.5, 0.6) is 0 Å². The molecule has 6 aliphatic carbocycles. The van der Waals surface area contributed by atoms with Gasteiger partial charge in [-0.3, -0.25) is 0 Å². The molecule has 0 aliphatic heterocycles. The van der Waals surface area contributed by atoms with Gasteiger partial charge < -0.3 is 9.47 Å². The van der Waals surface area contributed by atoms with E-state index in [4.69, 9.17) is 0 Å². The Morgan fingerprint density at radius 3 is 1.88 bits per heavy atom. The van der Waals surface area contributed by atoms with Gasteiger partial charge in [-0.15, -0.1) is 0 Å². The summed E-state index contributed by atoms with van der Waals surface area (Å²) < 4.78 is 2.45. The second kappa shape index (κ2) is 18.0. The van der Waals surface area contributed by atoms with Gasteiger partial charge in [-0.25, -0.2) is 0 Å². The Balaban J connectivity index is 0.822. The van der Waals surface area contributed by atoms with E-state index in [0.717, 1.165) is 36.3 Å². The number of benzene rings is 9. The van der Waals surface area contributed by atoms with Crippen LogP contribution in [-0.4, -0.2) is 4.57 Å². The number of rotatable bonds is 7. The number of para-hydroxylation sites is 1. The highest BCUT2D eigenvalue weighted by atomic mass is 15.1. The van der Waals surface area contributed by atoms with Gasteiger partial charge in [-0.1, -0.05) is 211 Å². The maximum Gasteiger partial charge on any atom is 0.0689 e. The Morgan fingerprint density at radius 1 is 0.469 bits per heavy atom. The van der Waals surface area contributed by atoms with Crippen molar-refractivity contribution in [2.24, 2.45) is 17.8 Å². The van der Waals surface area contributed by atoms with Gasteiger partial charge in [0.05, 0.1) is 10.9 Å². The number of hydrogen-bond donors (Lipinski definition) is 0. The Kier molecular flexibility index (Phi) is 10.7. The van der Waals surface area contributed by atoms with E-state index in [-0.39, 0.29) is 5.41 Å². The van der Waals surface area contributed by atoms with Crippen molar-refractivity contribution in [3.8, 4) is 50.2 Å². The monoisotopic (exact) mass is 1040 g/mol. The fourth-order valence-electron chi connectivity index (χ4n) is 15.4. The molecule has 9 aromatic carbocycles. The molecular formula is C79H64N2. The fourth-order valence-corrected chi connectivity index (χ4v) is 15.4. The summed E-state index contributed by atoms with van der Waals surface area (Å²) in [7, 11) is 0. The average molecular weight is 1040 g/mol. The molecule has 2 nitrogen and oxygen atoms in total. The van der Waals surface area contributed by atoms with Crippen LogP contribution in [0.3, 0.4) is 0 Å². The largest absolute Gasteiger partial charge is 0.310 e. The summed E-state index contributed by atoms with van der Waals surface area (Å²) in [4.78, 5) is 2.48. The molecule has 0 N–H and O–H groups in total. The minimum absolute atomic E-state index is 0.107. The number of hydrogen-bond acceptors (Lipinski definition) is 1. The zero-order valence-electron chi connectivity index (χ0n) is 46.8. The maximum atomic E-state index is 2.55. The molecule has 1 heterocycles. The SMILES string of the molecule is CC1C=C2C(=CC1)c1ccc(N(c3ccc(-c4ccc5c(c4)C4(C6=C(C=CC(C)C6)c6ccccc64)c4cccc(-c6ccccc6)c4-5)cc3)c3ccc(-c4ccc5c(c4)c4c(n5-c5ccccc5)=CCC(C)C=4)cc3)cc1C2(C)C. The first-order valence-corrected chi connectivity index (χ1v) is 29.5. The van der Waals surface area contributed by atoms with E-state index in [0.29, 0.717) is 17.8 Å². The Bertz CT molecular complexity index is 4540. The summed E-state index contributed by atoms with van der Waals surface area (Å²) in [6.45, 7) is 11.9. The molecule has 10 aromatic rings. The quantitative estimate of drug-likeness (QED) is 0.154. The molecule has 81 heavy (non-hydrogen) atoms. The van der Waals surface area contributed by atoms with Crippen molar-refractivity contribution in [3.05, 3.63) is 286 Å². The summed E-state index contributed by atoms with van der Waals surface area (Å²) in [5.74, 6) is 1.48. The molecule has 390 valence electrons. The lowest BCUT2D eigenvalue weighted by Gasteiger charge is -2.35. The summed E-state index contributed by atoms with van der Waals surface area (Å²) in [6.07, 6.45) is 17.9. The number of allylic oxidation sites excluding steroid dienone is 8. The van der Waals surface area contributed by atoms with Crippen LogP contribution in [0.1, 0.15) is 87.3 Å². The average Bonchev–Trinajstić information content (AvgIpc) is 4.20. The van der Waals surface area contributed by atoms with Gasteiger partial charge in [-0.05, 0) is 204 Å². The van der Waals surface area contributed by atoms with Crippen LogP contribution in [0.2, 0.25) is 0 Å². The standard InChI is InChI=1S/C79H64N2/c1-49-25-41-75-67(43-49)68-46-55(31-42-76(68)81(75)57-17-10-7-11-18-57)52-26-32-58(33-27-52)80(60-36-40-64-63-37-23-50(2)44-71(63)78(4,5)72(64)48-60)59-34-28-53(29-35-59)56-30-39-66-74(47-56)79(70-22-14-20-61(77(66)70)54-15-8-6-9-16-54)69-21-13-12-19-62(69)65-38-24-51(3)45-73(65)79/h6-22,24,26-44,46-51H,23,25,45H2,1-5H3. The van der Waals surface area contributed by atoms with Gasteiger partial charge in [0.2, 0.25) is 0 Å². The first kappa shape index (κ1) is 48.0. The molecule has 0 radical (unpaired) electrons. The van der Waals surface area contributed by atoms with Gasteiger partial charge in [0, 0.05) is 44.1 Å².